The van der Waals surface area contributed by atoms with Crippen LogP contribution < -0.4 is 5.43 Å². The number of hydrogen-bond acceptors (Lipinski definition) is 3. The second kappa shape index (κ2) is 3.77. The van der Waals surface area contributed by atoms with Gasteiger partial charge in [0, 0.05) is 5.39 Å². The molecule has 0 spiro atoms. The molecule has 0 aliphatic heterocycles. The Labute approximate surface area is 90.9 Å². The number of benzene rings is 1. The van der Waals surface area contributed by atoms with E-state index >= 15 is 0 Å². The molecule has 82 valence electrons. The lowest BCUT2D eigenvalue weighted by Gasteiger charge is -2.12. The standard InChI is InChI=1S/C11H10N2O3/c1-7(11(15)16)13-9-5-3-2-4-8(9)10(14)6-12-13/h2-7H,1H3,(H,15,16). The zero-order chi connectivity index (χ0) is 11.7. The first-order chi connectivity index (χ1) is 7.61. The van der Waals surface area contributed by atoms with Crippen molar-refractivity contribution in [1.29, 1.82) is 0 Å². The van der Waals surface area contributed by atoms with Gasteiger partial charge in [0.05, 0.1) is 11.7 Å². The van der Waals surface area contributed by atoms with E-state index in [0.717, 1.165) is 6.20 Å². The third-order valence-corrected chi connectivity index (χ3v) is 2.44. The number of nitrogens with zero attached hydrogens (tertiary/aromatic N) is 2. The second-order valence-corrected chi connectivity index (χ2v) is 3.48. The minimum Gasteiger partial charge on any atom is -0.480 e. The van der Waals surface area contributed by atoms with Crippen LogP contribution in [0.3, 0.4) is 0 Å². The highest BCUT2D eigenvalue weighted by Gasteiger charge is 2.15. The minimum atomic E-state index is -0.985. The van der Waals surface area contributed by atoms with E-state index in [9.17, 15) is 9.59 Å². The molecule has 0 bridgehead atoms. The molecule has 1 N–H and O–H groups in total. The first kappa shape index (κ1) is 10.4. The number of aliphatic carboxylic acids is 1. The molecule has 0 saturated heterocycles. The van der Waals surface area contributed by atoms with Crippen LogP contribution in [-0.2, 0) is 4.79 Å². The zero-order valence-electron chi connectivity index (χ0n) is 8.62. The number of rotatable bonds is 2. The average Bonchev–Trinajstić information content (AvgIpc) is 2.29. The highest BCUT2D eigenvalue weighted by Crippen LogP contribution is 2.13. The smallest absolute Gasteiger partial charge is 0.328 e. The van der Waals surface area contributed by atoms with Crippen molar-refractivity contribution in [3.8, 4) is 0 Å². The van der Waals surface area contributed by atoms with Gasteiger partial charge in [0.25, 0.3) is 0 Å². The van der Waals surface area contributed by atoms with Crippen molar-refractivity contribution in [3.05, 3.63) is 40.7 Å². The molecule has 1 unspecified atom stereocenters. The Kier molecular flexibility index (Phi) is 2.44. The minimum absolute atomic E-state index is 0.204. The van der Waals surface area contributed by atoms with Crippen LogP contribution in [0.4, 0.5) is 0 Å². The van der Waals surface area contributed by atoms with Gasteiger partial charge >= 0.3 is 5.97 Å². The Balaban J connectivity index is 2.77. The lowest BCUT2D eigenvalue weighted by Crippen LogP contribution is -2.21. The Bertz CT molecular complexity index is 603. The van der Waals surface area contributed by atoms with E-state index in [4.69, 9.17) is 5.11 Å². The summed E-state index contributed by atoms with van der Waals surface area (Å²) in [6.07, 6.45) is 1.14. The molecule has 5 heteroatoms. The number of fused-ring (bicyclic) bond motifs is 1. The largest absolute Gasteiger partial charge is 0.480 e. The molecule has 0 radical (unpaired) electrons. The fourth-order valence-corrected chi connectivity index (χ4v) is 1.54. The number of hydrogen-bond donors (Lipinski definition) is 1. The van der Waals surface area contributed by atoms with Crippen LogP contribution in [0.25, 0.3) is 10.9 Å². The van der Waals surface area contributed by atoms with Gasteiger partial charge in [0.2, 0.25) is 5.43 Å². The second-order valence-electron chi connectivity index (χ2n) is 3.48. The van der Waals surface area contributed by atoms with Crippen molar-refractivity contribution in [2.75, 3.05) is 0 Å². The topological polar surface area (TPSA) is 72.2 Å². The van der Waals surface area contributed by atoms with Crippen molar-refractivity contribution < 1.29 is 9.90 Å². The van der Waals surface area contributed by atoms with Gasteiger partial charge < -0.3 is 5.11 Å². The molecule has 0 amide bonds. The van der Waals surface area contributed by atoms with Gasteiger partial charge in [-0.15, -0.1) is 0 Å². The van der Waals surface area contributed by atoms with Crippen LogP contribution in [0, 0.1) is 0 Å². The number of carbonyl (C=O) groups is 1. The summed E-state index contributed by atoms with van der Waals surface area (Å²) in [5, 5.41) is 13.3. The van der Waals surface area contributed by atoms with Crippen molar-refractivity contribution in [2.45, 2.75) is 13.0 Å². The van der Waals surface area contributed by atoms with Gasteiger partial charge in [-0.2, -0.15) is 5.10 Å². The van der Waals surface area contributed by atoms with Crippen LogP contribution in [-0.4, -0.2) is 20.9 Å². The quantitative estimate of drug-likeness (QED) is 0.817. The summed E-state index contributed by atoms with van der Waals surface area (Å²) in [6.45, 7) is 1.52. The Morgan fingerprint density at radius 3 is 2.81 bits per heavy atom. The van der Waals surface area contributed by atoms with Crippen molar-refractivity contribution in [2.24, 2.45) is 0 Å². The summed E-state index contributed by atoms with van der Waals surface area (Å²) in [7, 11) is 0. The average molecular weight is 218 g/mol. The summed E-state index contributed by atoms with van der Waals surface area (Å²) < 4.78 is 1.33. The van der Waals surface area contributed by atoms with E-state index in [2.05, 4.69) is 5.10 Å². The van der Waals surface area contributed by atoms with E-state index in [1.54, 1.807) is 24.3 Å². The molecule has 5 nitrogen and oxygen atoms in total. The maximum Gasteiger partial charge on any atom is 0.328 e. The normalized spacial score (nSPS) is 12.6. The summed E-state index contributed by atoms with van der Waals surface area (Å²) in [5.74, 6) is -0.985. The summed E-state index contributed by atoms with van der Waals surface area (Å²) in [4.78, 5) is 22.4. The fourth-order valence-electron chi connectivity index (χ4n) is 1.54. The molecular weight excluding hydrogens is 208 g/mol. The maximum absolute atomic E-state index is 11.5. The lowest BCUT2D eigenvalue weighted by molar-refractivity contribution is -0.140. The van der Waals surface area contributed by atoms with Gasteiger partial charge in [-0.05, 0) is 19.1 Å². The highest BCUT2D eigenvalue weighted by atomic mass is 16.4. The fraction of sp³-hybridized carbons (Fsp3) is 0.182. The molecular formula is C11H10N2O3. The van der Waals surface area contributed by atoms with Crippen molar-refractivity contribution in [3.63, 3.8) is 0 Å². The third-order valence-electron chi connectivity index (χ3n) is 2.44. The molecule has 0 aliphatic carbocycles. The molecule has 0 aliphatic rings. The van der Waals surface area contributed by atoms with E-state index in [1.807, 2.05) is 0 Å². The predicted octanol–water partition coefficient (Wildman–Crippen LogP) is 1.04. The molecule has 16 heavy (non-hydrogen) atoms. The van der Waals surface area contributed by atoms with E-state index in [-0.39, 0.29) is 5.43 Å². The summed E-state index contributed by atoms with van der Waals surface area (Å²) in [5.41, 5.74) is 0.328. The zero-order valence-corrected chi connectivity index (χ0v) is 8.62. The van der Waals surface area contributed by atoms with Crippen LogP contribution in [0.15, 0.2) is 35.3 Å². The van der Waals surface area contributed by atoms with Gasteiger partial charge in [0.15, 0.2) is 0 Å². The number of carboxylic acid groups (broad SMARTS) is 1. The number of para-hydroxylation sites is 1. The summed E-state index contributed by atoms with van der Waals surface area (Å²) >= 11 is 0. The first-order valence-corrected chi connectivity index (χ1v) is 4.80. The van der Waals surface area contributed by atoms with E-state index in [1.165, 1.54) is 11.6 Å². The van der Waals surface area contributed by atoms with E-state index in [0.29, 0.717) is 10.9 Å². The first-order valence-electron chi connectivity index (χ1n) is 4.80. The molecule has 2 aromatic rings. The van der Waals surface area contributed by atoms with Gasteiger partial charge in [-0.1, -0.05) is 12.1 Å². The van der Waals surface area contributed by atoms with Gasteiger partial charge in [-0.3, -0.25) is 9.48 Å². The monoisotopic (exact) mass is 218 g/mol. The summed E-state index contributed by atoms with van der Waals surface area (Å²) in [6, 6.07) is 6.02. The van der Waals surface area contributed by atoms with Crippen LogP contribution in [0.5, 0.6) is 0 Å². The molecule has 1 aromatic carbocycles. The van der Waals surface area contributed by atoms with Crippen molar-refractivity contribution >= 4 is 16.9 Å². The molecule has 2 rings (SSSR count). The predicted molar refractivity (Wildman–Crippen MR) is 58.3 cm³/mol. The van der Waals surface area contributed by atoms with Crippen LogP contribution >= 0.6 is 0 Å². The lowest BCUT2D eigenvalue weighted by atomic mass is 10.2. The molecule has 1 atom stereocenters. The SMILES string of the molecule is CC(C(=O)O)n1ncc(=O)c2ccccc21. The molecule has 0 fully saturated rings. The number of aromatic nitrogens is 2. The van der Waals surface area contributed by atoms with Crippen molar-refractivity contribution in [1.82, 2.24) is 9.78 Å². The van der Waals surface area contributed by atoms with Gasteiger partial charge in [-0.25, -0.2) is 4.79 Å². The van der Waals surface area contributed by atoms with Crippen LogP contribution in [0.1, 0.15) is 13.0 Å². The Hall–Kier alpha value is -2.17. The number of carboxylic acids is 1. The Morgan fingerprint density at radius 2 is 2.12 bits per heavy atom. The molecule has 1 heterocycles. The maximum atomic E-state index is 11.5. The Morgan fingerprint density at radius 1 is 1.44 bits per heavy atom. The van der Waals surface area contributed by atoms with Crippen LogP contribution in [0.2, 0.25) is 0 Å². The molecule has 0 saturated carbocycles. The molecule has 1 aromatic heterocycles. The van der Waals surface area contributed by atoms with Gasteiger partial charge in [0.1, 0.15) is 6.04 Å². The van der Waals surface area contributed by atoms with E-state index < -0.39 is 12.0 Å². The third kappa shape index (κ3) is 1.56. The highest BCUT2D eigenvalue weighted by molar-refractivity contribution is 5.80.